The van der Waals surface area contributed by atoms with Crippen LogP contribution in [-0.2, 0) is 19.4 Å². The van der Waals surface area contributed by atoms with Gasteiger partial charge < -0.3 is 9.88 Å². The SMILES string of the molecule is CN1C=Cc2c([nH]c3c2CCCC3)C1. The average molecular weight is 188 g/mol. The molecule has 0 radical (unpaired) electrons. The Morgan fingerprint density at radius 1 is 1.21 bits per heavy atom. The summed E-state index contributed by atoms with van der Waals surface area (Å²) in [5.41, 5.74) is 6.00. The molecule has 0 amide bonds. The lowest BCUT2D eigenvalue weighted by atomic mass is 9.94. The number of nitrogens with zero attached hydrogens (tertiary/aromatic N) is 1. The van der Waals surface area contributed by atoms with E-state index in [9.17, 15) is 0 Å². The Hall–Kier alpha value is -1.18. The van der Waals surface area contributed by atoms with Crippen molar-refractivity contribution < 1.29 is 0 Å². The van der Waals surface area contributed by atoms with Gasteiger partial charge in [0.15, 0.2) is 0 Å². The molecule has 1 aromatic rings. The van der Waals surface area contributed by atoms with Gasteiger partial charge in [0.2, 0.25) is 0 Å². The second-order valence-electron chi connectivity index (χ2n) is 4.41. The summed E-state index contributed by atoms with van der Waals surface area (Å²) in [6, 6.07) is 0. The van der Waals surface area contributed by atoms with Crippen LogP contribution in [-0.4, -0.2) is 16.9 Å². The van der Waals surface area contributed by atoms with E-state index in [1.54, 1.807) is 5.56 Å². The number of hydrogen-bond acceptors (Lipinski definition) is 1. The first-order valence-corrected chi connectivity index (χ1v) is 5.45. The Morgan fingerprint density at radius 2 is 2.07 bits per heavy atom. The van der Waals surface area contributed by atoms with Crippen molar-refractivity contribution in [2.24, 2.45) is 0 Å². The van der Waals surface area contributed by atoms with Crippen LogP contribution in [0.2, 0.25) is 0 Å². The van der Waals surface area contributed by atoms with E-state index in [-0.39, 0.29) is 0 Å². The van der Waals surface area contributed by atoms with Crippen molar-refractivity contribution in [1.29, 1.82) is 0 Å². The summed E-state index contributed by atoms with van der Waals surface area (Å²) in [5, 5.41) is 0. The van der Waals surface area contributed by atoms with Crippen molar-refractivity contribution in [3.63, 3.8) is 0 Å². The lowest BCUT2D eigenvalue weighted by Crippen LogP contribution is -2.14. The topological polar surface area (TPSA) is 19.0 Å². The minimum atomic E-state index is 1.04. The smallest absolute Gasteiger partial charge is 0.0577 e. The largest absolute Gasteiger partial charge is 0.375 e. The average Bonchev–Trinajstić information content (AvgIpc) is 2.54. The number of hydrogen-bond donors (Lipinski definition) is 1. The van der Waals surface area contributed by atoms with Gasteiger partial charge in [0, 0.05) is 24.0 Å². The van der Waals surface area contributed by atoms with Gasteiger partial charge in [-0.3, -0.25) is 0 Å². The molecule has 2 nitrogen and oxygen atoms in total. The fourth-order valence-electron chi connectivity index (χ4n) is 2.60. The molecule has 0 atom stereocenters. The first-order valence-electron chi connectivity index (χ1n) is 5.45. The number of rotatable bonds is 0. The number of nitrogens with one attached hydrogen (secondary N) is 1. The monoisotopic (exact) mass is 188 g/mol. The third-order valence-electron chi connectivity index (χ3n) is 3.32. The van der Waals surface area contributed by atoms with E-state index in [0.29, 0.717) is 0 Å². The highest BCUT2D eigenvalue weighted by atomic mass is 15.1. The minimum absolute atomic E-state index is 1.04. The number of aryl methyl sites for hydroxylation is 1. The molecule has 2 aliphatic rings. The molecule has 3 rings (SSSR count). The van der Waals surface area contributed by atoms with Crippen LogP contribution < -0.4 is 0 Å². The Labute approximate surface area is 84.6 Å². The van der Waals surface area contributed by atoms with Crippen molar-refractivity contribution in [3.05, 3.63) is 28.7 Å². The van der Waals surface area contributed by atoms with Crippen molar-refractivity contribution in [3.8, 4) is 0 Å². The normalized spacial score (nSPS) is 19.4. The highest BCUT2D eigenvalue weighted by Crippen LogP contribution is 2.30. The predicted molar refractivity (Wildman–Crippen MR) is 57.9 cm³/mol. The third-order valence-corrected chi connectivity index (χ3v) is 3.32. The van der Waals surface area contributed by atoms with Gasteiger partial charge in [0.1, 0.15) is 0 Å². The summed E-state index contributed by atoms with van der Waals surface area (Å²) in [7, 11) is 2.12. The van der Waals surface area contributed by atoms with Crippen LogP contribution in [0.15, 0.2) is 6.20 Å². The van der Waals surface area contributed by atoms with Gasteiger partial charge in [0.05, 0.1) is 6.54 Å². The van der Waals surface area contributed by atoms with Crippen LogP contribution in [0.3, 0.4) is 0 Å². The number of H-pyrrole nitrogens is 1. The van der Waals surface area contributed by atoms with E-state index in [0.717, 1.165) is 6.54 Å². The van der Waals surface area contributed by atoms with E-state index in [2.05, 4.69) is 29.2 Å². The quantitative estimate of drug-likeness (QED) is 0.662. The molecule has 0 fully saturated rings. The molecule has 1 N–H and O–H groups in total. The van der Waals surface area contributed by atoms with Crippen LogP contribution in [0.5, 0.6) is 0 Å². The fraction of sp³-hybridized carbons (Fsp3) is 0.500. The predicted octanol–water partition coefficient (Wildman–Crippen LogP) is 2.31. The van der Waals surface area contributed by atoms with E-state index < -0.39 is 0 Å². The molecule has 74 valence electrons. The summed E-state index contributed by atoms with van der Waals surface area (Å²) < 4.78 is 0. The van der Waals surface area contributed by atoms with Crippen molar-refractivity contribution in [2.75, 3.05) is 7.05 Å². The van der Waals surface area contributed by atoms with Crippen molar-refractivity contribution in [2.45, 2.75) is 32.2 Å². The Bertz CT molecular complexity index is 387. The van der Waals surface area contributed by atoms with Crippen LogP contribution in [0.1, 0.15) is 35.4 Å². The molecular weight excluding hydrogens is 172 g/mol. The molecular formula is C12H16N2. The first-order chi connectivity index (χ1) is 6.84. The van der Waals surface area contributed by atoms with Crippen LogP contribution in [0.4, 0.5) is 0 Å². The van der Waals surface area contributed by atoms with Gasteiger partial charge in [0.25, 0.3) is 0 Å². The molecule has 0 saturated carbocycles. The molecule has 14 heavy (non-hydrogen) atoms. The van der Waals surface area contributed by atoms with Crippen molar-refractivity contribution >= 4 is 6.08 Å². The number of aromatic amines is 1. The second kappa shape index (κ2) is 2.91. The standard InChI is InChI=1S/C12H16N2/c1-14-7-6-10-9-4-2-3-5-11(9)13-12(10)8-14/h6-7,13H,2-5,8H2,1H3. The van der Waals surface area contributed by atoms with E-state index in [1.807, 2.05) is 0 Å². The lowest BCUT2D eigenvalue weighted by Gasteiger charge is -2.18. The second-order valence-corrected chi connectivity index (χ2v) is 4.41. The van der Waals surface area contributed by atoms with Gasteiger partial charge in [-0.05, 0) is 43.5 Å². The van der Waals surface area contributed by atoms with Crippen molar-refractivity contribution in [1.82, 2.24) is 9.88 Å². The zero-order valence-corrected chi connectivity index (χ0v) is 8.64. The maximum Gasteiger partial charge on any atom is 0.0577 e. The molecule has 0 saturated heterocycles. The van der Waals surface area contributed by atoms with Gasteiger partial charge in [-0.25, -0.2) is 0 Å². The molecule has 2 heterocycles. The highest BCUT2D eigenvalue weighted by Gasteiger charge is 2.20. The molecule has 1 aliphatic heterocycles. The van der Waals surface area contributed by atoms with Gasteiger partial charge >= 0.3 is 0 Å². The molecule has 0 unspecified atom stereocenters. The van der Waals surface area contributed by atoms with E-state index in [1.165, 1.54) is 42.6 Å². The molecule has 1 aliphatic carbocycles. The molecule has 0 bridgehead atoms. The van der Waals surface area contributed by atoms with Gasteiger partial charge in [-0.15, -0.1) is 0 Å². The van der Waals surface area contributed by atoms with Crippen LogP contribution in [0.25, 0.3) is 6.08 Å². The maximum absolute atomic E-state index is 3.59. The van der Waals surface area contributed by atoms with Crippen LogP contribution >= 0.6 is 0 Å². The first kappa shape index (κ1) is 8.16. The molecule has 2 heteroatoms. The van der Waals surface area contributed by atoms with Crippen LogP contribution in [0, 0.1) is 0 Å². The van der Waals surface area contributed by atoms with E-state index in [4.69, 9.17) is 0 Å². The maximum atomic E-state index is 3.59. The molecule has 0 spiro atoms. The van der Waals surface area contributed by atoms with E-state index >= 15 is 0 Å². The Balaban J connectivity index is 2.10. The number of fused-ring (bicyclic) bond motifs is 3. The summed E-state index contributed by atoms with van der Waals surface area (Å²) in [6.07, 6.45) is 9.69. The number of aromatic nitrogens is 1. The zero-order valence-electron chi connectivity index (χ0n) is 8.64. The Kier molecular flexibility index (Phi) is 1.69. The third kappa shape index (κ3) is 1.10. The molecule has 1 aromatic heterocycles. The lowest BCUT2D eigenvalue weighted by molar-refractivity contribution is 0.441. The zero-order chi connectivity index (χ0) is 9.54. The summed E-state index contributed by atoms with van der Waals surface area (Å²) in [5.74, 6) is 0. The van der Waals surface area contributed by atoms with Gasteiger partial charge in [-0.2, -0.15) is 0 Å². The summed E-state index contributed by atoms with van der Waals surface area (Å²) in [6.45, 7) is 1.04. The Morgan fingerprint density at radius 3 is 3.00 bits per heavy atom. The highest BCUT2D eigenvalue weighted by molar-refractivity contribution is 5.60. The fourth-order valence-corrected chi connectivity index (χ4v) is 2.60. The summed E-state index contributed by atoms with van der Waals surface area (Å²) >= 11 is 0. The molecule has 0 aromatic carbocycles. The van der Waals surface area contributed by atoms with Gasteiger partial charge in [-0.1, -0.05) is 0 Å². The summed E-state index contributed by atoms with van der Waals surface area (Å²) in [4.78, 5) is 5.82. The minimum Gasteiger partial charge on any atom is -0.375 e.